The number of ketones is 1. The number of hydrogen-bond donors (Lipinski definition) is 1. The third-order valence-corrected chi connectivity index (χ3v) is 4.17. The normalized spacial score (nSPS) is 13.0. The number of aliphatic hydroxyl groups excluding tert-OH is 1. The van der Waals surface area contributed by atoms with Crippen molar-refractivity contribution >= 4 is 46.1 Å². The Labute approximate surface area is 165 Å². The van der Waals surface area contributed by atoms with Gasteiger partial charge in [0.1, 0.15) is 0 Å². The van der Waals surface area contributed by atoms with E-state index in [2.05, 4.69) is 4.98 Å². The summed E-state index contributed by atoms with van der Waals surface area (Å²) < 4.78 is 43.1. The zero-order valence-corrected chi connectivity index (χ0v) is 15.9. The van der Waals surface area contributed by atoms with Crippen molar-refractivity contribution in [2.24, 2.45) is 0 Å². The lowest BCUT2D eigenvalue weighted by atomic mass is 10.2. The third kappa shape index (κ3) is 5.68. The molecule has 138 valence electrons. The number of aliphatic hydroxyl groups is 1. The van der Waals surface area contributed by atoms with Gasteiger partial charge in [-0.25, -0.2) is 4.98 Å². The van der Waals surface area contributed by atoms with E-state index in [4.69, 9.17) is 16.3 Å². The smallest absolute Gasteiger partial charge is 0.420 e. The molecule has 0 aliphatic heterocycles. The Morgan fingerprint density at radius 2 is 2.00 bits per heavy atom. The van der Waals surface area contributed by atoms with Gasteiger partial charge in [-0.15, -0.1) is 0 Å². The molecule has 1 atom stereocenters. The van der Waals surface area contributed by atoms with E-state index in [9.17, 15) is 23.1 Å². The van der Waals surface area contributed by atoms with Crippen molar-refractivity contribution < 1.29 is 27.8 Å². The molecule has 2 rings (SSSR count). The summed E-state index contributed by atoms with van der Waals surface area (Å²) in [5.74, 6) is -0.382. The summed E-state index contributed by atoms with van der Waals surface area (Å²) in [7, 11) is 0. The molecule has 9 heteroatoms. The van der Waals surface area contributed by atoms with Crippen LogP contribution in [0.15, 0.2) is 42.5 Å². The van der Waals surface area contributed by atoms with Crippen LogP contribution in [0, 0.1) is 3.57 Å². The Kier molecular flexibility index (Phi) is 7.01. The van der Waals surface area contributed by atoms with E-state index in [-0.39, 0.29) is 26.9 Å². The summed E-state index contributed by atoms with van der Waals surface area (Å²) in [6.07, 6.45) is -4.68. The zero-order valence-electron chi connectivity index (χ0n) is 13.0. The van der Waals surface area contributed by atoms with Crippen LogP contribution in [0.4, 0.5) is 13.2 Å². The topological polar surface area (TPSA) is 59.4 Å². The van der Waals surface area contributed by atoms with Crippen LogP contribution in [0.5, 0.6) is 5.75 Å². The Bertz CT molecular complexity index is 790. The van der Waals surface area contributed by atoms with E-state index in [1.54, 1.807) is 28.7 Å². The Hall–Kier alpha value is -1.65. The highest BCUT2D eigenvalue weighted by molar-refractivity contribution is 14.1. The Balaban J connectivity index is 2.06. The second-order valence-electron chi connectivity index (χ2n) is 5.09. The number of carbonyl (C=O) groups is 1. The highest BCUT2D eigenvalue weighted by atomic mass is 127. The van der Waals surface area contributed by atoms with Crippen molar-refractivity contribution in [1.29, 1.82) is 0 Å². The number of aromatic nitrogens is 1. The highest BCUT2D eigenvalue weighted by Crippen LogP contribution is 2.36. The molecule has 0 saturated heterocycles. The van der Waals surface area contributed by atoms with Gasteiger partial charge < -0.3 is 9.84 Å². The van der Waals surface area contributed by atoms with Gasteiger partial charge in [-0.1, -0.05) is 48.0 Å². The van der Waals surface area contributed by atoms with E-state index in [0.29, 0.717) is 0 Å². The number of halogens is 5. The molecule has 1 N–H and O–H groups in total. The molecule has 0 bridgehead atoms. The van der Waals surface area contributed by atoms with Crippen molar-refractivity contribution in [3.05, 3.63) is 62.5 Å². The molecular formula is C17H12ClF3INO3. The predicted molar refractivity (Wildman–Crippen MR) is 99.0 cm³/mol. The number of pyridine rings is 1. The first-order valence-corrected chi connectivity index (χ1v) is 8.63. The minimum Gasteiger partial charge on any atom is -0.481 e. The molecule has 1 aromatic carbocycles. The Morgan fingerprint density at radius 3 is 2.58 bits per heavy atom. The van der Waals surface area contributed by atoms with E-state index < -0.39 is 18.0 Å². The summed E-state index contributed by atoms with van der Waals surface area (Å²) >= 11 is 7.53. The first kappa shape index (κ1) is 20.7. The quantitative estimate of drug-likeness (QED) is 0.360. The van der Waals surface area contributed by atoms with Gasteiger partial charge in [0.05, 0.1) is 9.26 Å². The van der Waals surface area contributed by atoms with Gasteiger partial charge >= 0.3 is 6.18 Å². The molecular weight excluding hydrogens is 486 g/mol. The maximum atomic E-state index is 12.6. The van der Waals surface area contributed by atoms with Crippen LogP contribution in [0.1, 0.15) is 17.4 Å². The number of rotatable bonds is 6. The fourth-order valence-corrected chi connectivity index (χ4v) is 3.01. The minimum absolute atomic E-state index is 0.0214. The fraction of sp³-hybridized carbons (Fsp3) is 0.176. The zero-order chi connectivity index (χ0) is 19.3. The molecule has 0 fully saturated rings. The molecule has 0 saturated carbocycles. The van der Waals surface area contributed by atoms with E-state index >= 15 is 0 Å². The SMILES string of the molecule is O=C(/C=C/c1ccccc1)COc1c(I)cc(C(O)C(F)(F)F)nc1Cl. The summed E-state index contributed by atoms with van der Waals surface area (Å²) in [5.41, 5.74) is 0.190. The van der Waals surface area contributed by atoms with Gasteiger partial charge in [0.25, 0.3) is 0 Å². The Morgan fingerprint density at radius 1 is 1.35 bits per heavy atom. The lowest BCUT2D eigenvalue weighted by Crippen LogP contribution is -2.21. The van der Waals surface area contributed by atoms with Gasteiger partial charge in [-0.2, -0.15) is 13.2 Å². The van der Waals surface area contributed by atoms with Crippen molar-refractivity contribution in [2.75, 3.05) is 6.61 Å². The number of benzene rings is 1. The maximum absolute atomic E-state index is 12.6. The summed E-state index contributed by atoms with van der Waals surface area (Å²) in [6, 6.07) is 10.1. The van der Waals surface area contributed by atoms with E-state index in [0.717, 1.165) is 11.6 Å². The standard InChI is InChI=1S/C17H12ClF3INO3/c18-16-14(12(22)8-13(23-16)15(25)17(19,20)21)26-9-11(24)7-6-10-4-2-1-3-5-10/h1-8,15,25H,9H2/b7-6+. The van der Waals surface area contributed by atoms with Gasteiger partial charge in [0.15, 0.2) is 29.4 Å². The molecule has 26 heavy (non-hydrogen) atoms. The molecule has 0 spiro atoms. The van der Waals surface area contributed by atoms with Gasteiger partial charge in [-0.05, 0) is 40.3 Å². The number of hydrogen-bond acceptors (Lipinski definition) is 4. The first-order valence-electron chi connectivity index (χ1n) is 7.18. The van der Waals surface area contributed by atoms with Crippen LogP contribution in [-0.2, 0) is 4.79 Å². The fourth-order valence-electron chi connectivity index (χ4n) is 1.87. The maximum Gasteiger partial charge on any atom is 0.420 e. The first-order chi connectivity index (χ1) is 12.2. The molecule has 4 nitrogen and oxygen atoms in total. The molecule has 0 aliphatic rings. The van der Waals surface area contributed by atoms with Crippen molar-refractivity contribution in [3.63, 3.8) is 0 Å². The van der Waals surface area contributed by atoms with Crippen molar-refractivity contribution in [3.8, 4) is 5.75 Å². The second-order valence-corrected chi connectivity index (χ2v) is 6.61. The van der Waals surface area contributed by atoms with Crippen LogP contribution in [0.3, 0.4) is 0 Å². The number of ether oxygens (including phenoxy) is 1. The van der Waals surface area contributed by atoms with Crippen molar-refractivity contribution in [2.45, 2.75) is 12.3 Å². The number of alkyl halides is 3. The molecule has 1 heterocycles. The summed E-state index contributed by atoms with van der Waals surface area (Å²) in [5, 5.41) is 8.87. The van der Waals surface area contributed by atoms with Crippen LogP contribution < -0.4 is 4.74 Å². The lowest BCUT2D eigenvalue weighted by Gasteiger charge is -2.16. The monoisotopic (exact) mass is 497 g/mol. The van der Waals surface area contributed by atoms with Gasteiger partial charge in [0, 0.05) is 0 Å². The molecule has 1 unspecified atom stereocenters. The molecule has 2 aromatic rings. The van der Waals surface area contributed by atoms with Crippen LogP contribution in [-0.4, -0.2) is 28.7 Å². The number of carbonyl (C=O) groups excluding carboxylic acids is 1. The number of nitrogens with zero attached hydrogens (tertiary/aromatic N) is 1. The molecule has 0 aliphatic carbocycles. The lowest BCUT2D eigenvalue weighted by molar-refractivity contribution is -0.208. The molecule has 0 amide bonds. The summed E-state index contributed by atoms with van der Waals surface area (Å²) in [6.45, 7) is -0.359. The molecule has 0 radical (unpaired) electrons. The third-order valence-electron chi connectivity index (χ3n) is 3.12. The van der Waals surface area contributed by atoms with Crippen LogP contribution in [0.25, 0.3) is 6.08 Å². The average Bonchev–Trinajstić information content (AvgIpc) is 2.58. The van der Waals surface area contributed by atoms with Crippen LogP contribution in [0.2, 0.25) is 5.15 Å². The van der Waals surface area contributed by atoms with E-state index in [1.807, 2.05) is 30.3 Å². The van der Waals surface area contributed by atoms with E-state index in [1.165, 1.54) is 6.08 Å². The average molecular weight is 498 g/mol. The summed E-state index contributed by atoms with van der Waals surface area (Å²) in [4.78, 5) is 15.4. The highest BCUT2D eigenvalue weighted by Gasteiger charge is 2.41. The van der Waals surface area contributed by atoms with Gasteiger partial charge in [-0.3, -0.25) is 4.79 Å². The van der Waals surface area contributed by atoms with Crippen LogP contribution >= 0.6 is 34.2 Å². The largest absolute Gasteiger partial charge is 0.481 e. The predicted octanol–water partition coefficient (Wildman–Crippen LogP) is 4.60. The van der Waals surface area contributed by atoms with Gasteiger partial charge in [0.2, 0.25) is 0 Å². The molecule has 1 aromatic heterocycles. The second kappa shape index (κ2) is 8.83. The van der Waals surface area contributed by atoms with Crippen molar-refractivity contribution in [1.82, 2.24) is 4.98 Å². The minimum atomic E-state index is -4.86.